The Morgan fingerprint density at radius 3 is 1.95 bits per heavy atom. The van der Waals surface area contributed by atoms with Crippen LogP contribution < -0.4 is 16.1 Å². The number of benzene rings is 3. The molecule has 0 bridgehead atoms. The molecule has 0 radical (unpaired) electrons. The zero-order valence-corrected chi connectivity index (χ0v) is 23.7. The summed E-state index contributed by atoms with van der Waals surface area (Å²) < 4.78 is 4.54. The van der Waals surface area contributed by atoms with E-state index in [4.69, 9.17) is 4.98 Å². The van der Waals surface area contributed by atoms with Crippen molar-refractivity contribution in [1.82, 2.24) is 18.7 Å². The molecule has 0 aliphatic carbocycles. The number of imidazole rings is 1. The first-order valence-corrected chi connectivity index (χ1v) is 14.1. The van der Waals surface area contributed by atoms with Gasteiger partial charge in [-0.25, -0.2) is 4.79 Å². The van der Waals surface area contributed by atoms with E-state index in [-0.39, 0.29) is 11.5 Å². The molecular formula is C33H35N5O3. The highest BCUT2D eigenvalue weighted by molar-refractivity contribution is 5.75. The van der Waals surface area contributed by atoms with E-state index < -0.39 is 11.3 Å². The van der Waals surface area contributed by atoms with Crippen LogP contribution >= 0.6 is 0 Å². The van der Waals surface area contributed by atoms with E-state index in [2.05, 4.69) is 29.2 Å². The monoisotopic (exact) mass is 549 g/mol. The molecule has 41 heavy (non-hydrogen) atoms. The highest BCUT2D eigenvalue weighted by Crippen LogP contribution is 2.42. The molecule has 1 saturated heterocycles. The Morgan fingerprint density at radius 2 is 1.39 bits per heavy atom. The summed E-state index contributed by atoms with van der Waals surface area (Å²) in [6.07, 6.45) is 1.45. The van der Waals surface area contributed by atoms with E-state index in [1.54, 1.807) is 7.05 Å². The van der Waals surface area contributed by atoms with E-state index >= 15 is 0 Å². The molecule has 8 nitrogen and oxygen atoms in total. The van der Waals surface area contributed by atoms with Crippen molar-refractivity contribution in [2.45, 2.75) is 31.9 Å². The SMILES string of the molecule is Cc1ccc(Cn2c(N3CCC(C(O)(c4ccccc4)c4ccccc4)CC3)nc3c2c(=O)n(C)c(=O)n3C)cc1. The fourth-order valence-corrected chi connectivity index (χ4v) is 6.22. The van der Waals surface area contributed by atoms with Crippen LogP contribution in [0.2, 0.25) is 0 Å². The van der Waals surface area contributed by atoms with Crippen LogP contribution in [0.3, 0.4) is 0 Å². The predicted octanol–water partition coefficient (Wildman–Crippen LogP) is 3.94. The standard InChI is InChI=1S/C33H35N5O3/c1-23-14-16-24(17-15-23)22-38-28-29(35(2)32(40)36(3)30(28)39)34-31(38)37-20-18-27(19-21-37)33(41,25-10-6-4-7-11-25)26-12-8-5-9-13-26/h4-17,27,41H,18-22H2,1-3H3. The molecule has 1 fully saturated rings. The third-order valence-corrected chi connectivity index (χ3v) is 8.59. The number of aromatic nitrogens is 4. The van der Waals surface area contributed by atoms with Gasteiger partial charge >= 0.3 is 5.69 Å². The van der Waals surface area contributed by atoms with Crippen LogP contribution in [-0.4, -0.2) is 36.9 Å². The first kappa shape index (κ1) is 26.8. The number of aliphatic hydroxyl groups is 1. The lowest BCUT2D eigenvalue weighted by molar-refractivity contribution is 0.00491. The Morgan fingerprint density at radius 1 is 0.829 bits per heavy atom. The molecule has 0 amide bonds. The fraction of sp³-hybridized carbons (Fsp3) is 0.303. The van der Waals surface area contributed by atoms with Gasteiger partial charge in [0, 0.05) is 27.2 Å². The van der Waals surface area contributed by atoms with Crippen molar-refractivity contribution in [2.75, 3.05) is 18.0 Å². The number of nitrogens with zero attached hydrogens (tertiary/aromatic N) is 5. The van der Waals surface area contributed by atoms with E-state index in [9.17, 15) is 14.7 Å². The van der Waals surface area contributed by atoms with Crippen LogP contribution in [0.25, 0.3) is 11.2 Å². The van der Waals surface area contributed by atoms with Gasteiger partial charge in [-0.1, -0.05) is 90.5 Å². The number of aryl methyl sites for hydroxylation is 2. The molecule has 8 heteroatoms. The minimum absolute atomic E-state index is 0.0179. The van der Waals surface area contributed by atoms with Crippen molar-refractivity contribution in [2.24, 2.45) is 20.0 Å². The molecule has 2 aromatic heterocycles. The van der Waals surface area contributed by atoms with E-state index in [0.29, 0.717) is 36.7 Å². The van der Waals surface area contributed by atoms with Crippen LogP contribution in [0.5, 0.6) is 0 Å². The van der Waals surface area contributed by atoms with Gasteiger partial charge < -0.3 is 10.0 Å². The Kier molecular flexibility index (Phi) is 6.87. The molecular weight excluding hydrogens is 514 g/mol. The Bertz CT molecular complexity index is 1760. The van der Waals surface area contributed by atoms with E-state index in [1.807, 2.05) is 72.2 Å². The summed E-state index contributed by atoms with van der Waals surface area (Å²) >= 11 is 0. The van der Waals surface area contributed by atoms with Crippen molar-refractivity contribution < 1.29 is 5.11 Å². The topological polar surface area (TPSA) is 85.3 Å². The molecule has 0 saturated carbocycles. The summed E-state index contributed by atoms with van der Waals surface area (Å²) in [6, 6.07) is 28.0. The number of rotatable bonds is 6. The lowest BCUT2D eigenvalue weighted by atomic mass is 9.72. The average Bonchev–Trinajstić information content (AvgIpc) is 3.39. The highest BCUT2D eigenvalue weighted by atomic mass is 16.3. The highest BCUT2D eigenvalue weighted by Gasteiger charge is 2.42. The lowest BCUT2D eigenvalue weighted by Gasteiger charge is -2.42. The van der Waals surface area contributed by atoms with E-state index in [0.717, 1.165) is 39.7 Å². The number of hydrogen-bond donors (Lipinski definition) is 1. The largest absolute Gasteiger partial charge is 0.380 e. The Labute approximate surface area is 238 Å². The van der Waals surface area contributed by atoms with Gasteiger partial charge in [-0.05, 0) is 42.4 Å². The Balaban J connectivity index is 1.39. The summed E-state index contributed by atoms with van der Waals surface area (Å²) in [5, 5.41) is 12.3. The number of anilines is 1. The minimum atomic E-state index is -1.13. The smallest absolute Gasteiger partial charge is 0.332 e. The van der Waals surface area contributed by atoms with Crippen molar-refractivity contribution in [3.63, 3.8) is 0 Å². The van der Waals surface area contributed by atoms with Gasteiger partial charge in [0.25, 0.3) is 5.56 Å². The van der Waals surface area contributed by atoms with Gasteiger partial charge in [0.15, 0.2) is 11.2 Å². The van der Waals surface area contributed by atoms with Gasteiger partial charge in [0.05, 0.1) is 6.54 Å². The molecule has 0 unspecified atom stereocenters. The summed E-state index contributed by atoms with van der Waals surface area (Å²) in [6.45, 7) is 3.80. The molecule has 6 rings (SSSR count). The predicted molar refractivity (Wildman–Crippen MR) is 161 cm³/mol. The minimum Gasteiger partial charge on any atom is -0.380 e. The average molecular weight is 550 g/mol. The van der Waals surface area contributed by atoms with Crippen molar-refractivity contribution in [3.05, 3.63) is 128 Å². The van der Waals surface area contributed by atoms with E-state index in [1.165, 1.54) is 11.6 Å². The molecule has 0 atom stereocenters. The van der Waals surface area contributed by atoms with Gasteiger partial charge in [-0.2, -0.15) is 4.98 Å². The molecule has 210 valence electrons. The van der Waals surface area contributed by atoms with Gasteiger partial charge in [0.2, 0.25) is 5.95 Å². The molecule has 3 heterocycles. The van der Waals surface area contributed by atoms with Gasteiger partial charge in [-0.3, -0.25) is 18.5 Å². The van der Waals surface area contributed by atoms with Crippen molar-refractivity contribution in [3.8, 4) is 0 Å². The fourth-order valence-electron chi connectivity index (χ4n) is 6.22. The number of piperidine rings is 1. The first-order valence-electron chi connectivity index (χ1n) is 14.1. The number of hydrogen-bond acceptors (Lipinski definition) is 5. The molecule has 1 N–H and O–H groups in total. The van der Waals surface area contributed by atoms with Crippen molar-refractivity contribution >= 4 is 17.1 Å². The quantitative estimate of drug-likeness (QED) is 0.347. The van der Waals surface area contributed by atoms with Crippen LogP contribution in [0.15, 0.2) is 94.5 Å². The summed E-state index contributed by atoms with van der Waals surface area (Å²) in [7, 11) is 3.16. The maximum Gasteiger partial charge on any atom is 0.332 e. The molecule has 1 aliphatic heterocycles. The maximum atomic E-state index is 13.4. The van der Waals surface area contributed by atoms with Crippen LogP contribution in [-0.2, 0) is 26.2 Å². The second kappa shape index (κ2) is 10.5. The molecule has 0 spiro atoms. The van der Waals surface area contributed by atoms with Gasteiger partial charge in [-0.15, -0.1) is 0 Å². The maximum absolute atomic E-state index is 13.4. The Hall–Kier alpha value is -4.43. The first-order chi connectivity index (χ1) is 19.8. The normalized spacial score (nSPS) is 14.6. The van der Waals surface area contributed by atoms with Crippen LogP contribution in [0.4, 0.5) is 5.95 Å². The van der Waals surface area contributed by atoms with Gasteiger partial charge in [0.1, 0.15) is 5.60 Å². The second-order valence-electron chi connectivity index (χ2n) is 11.1. The number of fused-ring (bicyclic) bond motifs is 1. The summed E-state index contributed by atoms with van der Waals surface area (Å²) in [5.74, 6) is 0.649. The zero-order valence-electron chi connectivity index (χ0n) is 23.7. The molecule has 5 aromatic rings. The molecule has 1 aliphatic rings. The zero-order chi connectivity index (χ0) is 28.7. The molecule has 3 aromatic carbocycles. The third kappa shape index (κ3) is 4.58. The lowest BCUT2D eigenvalue weighted by Crippen LogP contribution is -2.45. The summed E-state index contributed by atoms with van der Waals surface area (Å²) in [4.78, 5) is 33.2. The second-order valence-corrected chi connectivity index (χ2v) is 11.1. The van der Waals surface area contributed by atoms with Crippen LogP contribution in [0.1, 0.15) is 35.1 Å². The van der Waals surface area contributed by atoms with Crippen LogP contribution in [0, 0.1) is 12.8 Å². The summed E-state index contributed by atoms with van der Waals surface area (Å²) in [5.41, 5.74) is 2.89. The third-order valence-electron chi connectivity index (χ3n) is 8.59. The van der Waals surface area contributed by atoms with Crippen molar-refractivity contribution in [1.29, 1.82) is 0 Å².